The Morgan fingerprint density at radius 1 is 1.32 bits per heavy atom. The van der Waals surface area contributed by atoms with Crippen molar-refractivity contribution in [2.75, 3.05) is 13.1 Å². The van der Waals surface area contributed by atoms with Crippen molar-refractivity contribution in [3.63, 3.8) is 0 Å². The van der Waals surface area contributed by atoms with E-state index >= 15 is 0 Å². The number of aryl methyl sites for hydroxylation is 1. The van der Waals surface area contributed by atoms with Crippen molar-refractivity contribution < 1.29 is 9.59 Å². The molecule has 1 aromatic heterocycles. The molecule has 25 heavy (non-hydrogen) atoms. The number of benzene rings is 1. The molecule has 6 nitrogen and oxygen atoms in total. The van der Waals surface area contributed by atoms with Crippen molar-refractivity contribution in [2.45, 2.75) is 39.3 Å². The lowest BCUT2D eigenvalue weighted by atomic mass is 10.1. The predicted molar refractivity (Wildman–Crippen MR) is 94.9 cm³/mol. The number of carbonyl (C=O) groups is 2. The molecule has 1 N–H and O–H groups in total. The molecule has 6 heteroatoms. The minimum Gasteiger partial charge on any atom is -0.335 e. The van der Waals surface area contributed by atoms with Crippen molar-refractivity contribution in [1.29, 1.82) is 0 Å². The molecule has 1 saturated heterocycles. The van der Waals surface area contributed by atoms with Crippen molar-refractivity contribution in [1.82, 2.24) is 20.0 Å². The number of nitrogens with one attached hydrogen (secondary N) is 1. The van der Waals surface area contributed by atoms with E-state index in [4.69, 9.17) is 0 Å². The highest BCUT2D eigenvalue weighted by atomic mass is 16.2. The number of H-pyrrole nitrogens is 1. The molecular weight excluding hydrogens is 316 g/mol. The zero-order valence-electron chi connectivity index (χ0n) is 14.7. The first-order valence-electron chi connectivity index (χ1n) is 8.73. The van der Waals surface area contributed by atoms with E-state index in [2.05, 4.69) is 17.1 Å². The highest BCUT2D eigenvalue weighted by Gasteiger charge is 2.31. The maximum Gasteiger partial charge on any atom is 0.274 e. The van der Waals surface area contributed by atoms with E-state index in [-0.39, 0.29) is 17.9 Å². The second-order valence-electron chi connectivity index (χ2n) is 6.51. The van der Waals surface area contributed by atoms with E-state index in [1.54, 1.807) is 11.0 Å². The molecule has 2 aromatic rings. The van der Waals surface area contributed by atoms with Gasteiger partial charge in [-0.25, -0.2) is 0 Å². The standard InChI is InChI=1S/C19H24N4O2/c1-3-16-13-22(19(25)17-11-14(2)20-21-17)10-9-18(24)23(16)12-15-7-5-4-6-8-15/h4-8,11,16H,3,9-10,12-13H2,1-2H3,(H,20,21)/t16-/m0/s1. The van der Waals surface area contributed by atoms with Crippen LogP contribution in [0.1, 0.15) is 41.5 Å². The summed E-state index contributed by atoms with van der Waals surface area (Å²) in [6, 6.07) is 11.7. The summed E-state index contributed by atoms with van der Waals surface area (Å²) in [4.78, 5) is 29.0. The lowest BCUT2D eigenvalue weighted by Crippen LogP contribution is -2.43. The summed E-state index contributed by atoms with van der Waals surface area (Å²) in [6.45, 7) is 5.49. The van der Waals surface area contributed by atoms with Crippen LogP contribution in [0.3, 0.4) is 0 Å². The Bertz CT molecular complexity index is 741. The predicted octanol–water partition coefficient (Wildman–Crippen LogP) is 2.37. The van der Waals surface area contributed by atoms with Crippen LogP contribution in [0, 0.1) is 6.92 Å². The van der Waals surface area contributed by atoms with Crippen molar-refractivity contribution >= 4 is 11.8 Å². The van der Waals surface area contributed by atoms with E-state index in [0.29, 0.717) is 31.7 Å². The first-order valence-corrected chi connectivity index (χ1v) is 8.73. The highest BCUT2D eigenvalue weighted by Crippen LogP contribution is 2.19. The number of rotatable bonds is 4. The summed E-state index contributed by atoms with van der Waals surface area (Å²) in [5.41, 5.74) is 2.38. The Morgan fingerprint density at radius 3 is 2.72 bits per heavy atom. The van der Waals surface area contributed by atoms with Crippen LogP contribution in [0.5, 0.6) is 0 Å². The van der Waals surface area contributed by atoms with Gasteiger partial charge in [0.15, 0.2) is 0 Å². The van der Waals surface area contributed by atoms with Gasteiger partial charge in [0.05, 0.1) is 0 Å². The van der Waals surface area contributed by atoms with E-state index in [9.17, 15) is 9.59 Å². The fourth-order valence-electron chi connectivity index (χ4n) is 3.24. The summed E-state index contributed by atoms with van der Waals surface area (Å²) < 4.78 is 0. The van der Waals surface area contributed by atoms with Gasteiger partial charge in [-0.15, -0.1) is 0 Å². The van der Waals surface area contributed by atoms with E-state index in [1.807, 2.05) is 42.2 Å². The van der Waals surface area contributed by atoms with Gasteiger partial charge in [0.25, 0.3) is 5.91 Å². The van der Waals surface area contributed by atoms with Gasteiger partial charge < -0.3 is 9.80 Å². The van der Waals surface area contributed by atoms with Gasteiger partial charge >= 0.3 is 0 Å². The van der Waals surface area contributed by atoms with Crippen LogP contribution in [-0.2, 0) is 11.3 Å². The quantitative estimate of drug-likeness (QED) is 0.929. The largest absolute Gasteiger partial charge is 0.335 e. The lowest BCUT2D eigenvalue weighted by Gasteiger charge is -2.31. The normalized spacial score (nSPS) is 18.3. The number of aromatic nitrogens is 2. The van der Waals surface area contributed by atoms with E-state index in [0.717, 1.165) is 17.7 Å². The maximum atomic E-state index is 12.7. The molecule has 2 heterocycles. The minimum absolute atomic E-state index is 0.0131. The summed E-state index contributed by atoms with van der Waals surface area (Å²) in [5.74, 6) is -0.0126. The van der Waals surface area contributed by atoms with E-state index in [1.165, 1.54) is 0 Å². The van der Waals surface area contributed by atoms with Gasteiger partial charge in [0.1, 0.15) is 5.69 Å². The van der Waals surface area contributed by atoms with Crippen LogP contribution >= 0.6 is 0 Å². The molecule has 0 unspecified atom stereocenters. The average Bonchev–Trinajstić information content (AvgIpc) is 3.00. The SMILES string of the molecule is CC[C@H]1CN(C(=O)c2cc(C)[nH]n2)CCC(=O)N1Cc1ccccc1. The summed E-state index contributed by atoms with van der Waals surface area (Å²) in [5, 5.41) is 6.87. The molecule has 1 aliphatic rings. The van der Waals surface area contributed by atoms with Crippen LogP contribution in [0.2, 0.25) is 0 Å². The Morgan fingerprint density at radius 2 is 2.08 bits per heavy atom. The third-order valence-electron chi connectivity index (χ3n) is 4.67. The Labute approximate surface area is 147 Å². The number of carbonyl (C=O) groups excluding carboxylic acids is 2. The number of amides is 2. The summed E-state index contributed by atoms with van der Waals surface area (Å²) >= 11 is 0. The second kappa shape index (κ2) is 7.51. The lowest BCUT2D eigenvalue weighted by molar-refractivity contribution is -0.133. The van der Waals surface area contributed by atoms with Crippen LogP contribution in [0.15, 0.2) is 36.4 Å². The molecule has 1 aromatic carbocycles. The molecule has 0 bridgehead atoms. The Hall–Kier alpha value is -2.63. The van der Waals surface area contributed by atoms with Crippen LogP contribution < -0.4 is 0 Å². The molecule has 1 atom stereocenters. The molecule has 0 saturated carbocycles. The molecule has 0 spiro atoms. The van der Waals surface area contributed by atoms with Gasteiger partial charge in [-0.05, 0) is 25.0 Å². The third-order valence-corrected chi connectivity index (χ3v) is 4.67. The molecule has 3 rings (SSSR count). The number of hydrogen-bond donors (Lipinski definition) is 1. The highest BCUT2D eigenvalue weighted by molar-refractivity contribution is 5.93. The number of aromatic amines is 1. The first-order chi connectivity index (χ1) is 12.1. The van der Waals surface area contributed by atoms with Crippen molar-refractivity contribution in [3.8, 4) is 0 Å². The van der Waals surface area contributed by atoms with Gasteiger partial charge in [-0.3, -0.25) is 14.7 Å². The van der Waals surface area contributed by atoms with Gasteiger partial charge in [0, 0.05) is 37.8 Å². The van der Waals surface area contributed by atoms with Crippen LogP contribution in [-0.4, -0.2) is 50.9 Å². The minimum atomic E-state index is -0.114. The maximum absolute atomic E-state index is 12.7. The monoisotopic (exact) mass is 340 g/mol. The van der Waals surface area contributed by atoms with Crippen molar-refractivity contribution in [2.24, 2.45) is 0 Å². The first kappa shape index (κ1) is 17.2. The molecule has 2 amide bonds. The van der Waals surface area contributed by atoms with E-state index < -0.39 is 0 Å². The van der Waals surface area contributed by atoms with Gasteiger partial charge in [0.2, 0.25) is 5.91 Å². The smallest absolute Gasteiger partial charge is 0.274 e. The summed E-state index contributed by atoms with van der Waals surface area (Å²) in [7, 11) is 0. The number of nitrogens with zero attached hydrogens (tertiary/aromatic N) is 3. The molecule has 132 valence electrons. The van der Waals surface area contributed by atoms with Gasteiger partial charge in [-0.1, -0.05) is 37.3 Å². The topological polar surface area (TPSA) is 69.3 Å². The summed E-state index contributed by atoms with van der Waals surface area (Å²) in [6.07, 6.45) is 1.15. The fourth-order valence-corrected chi connectivity index (χ4v) is 3.24. The molecular formula is C19H24N4O2. The average molecular weight is 340 g/mol. The van der Waals surface area contributed by atoms with Crippen LogP contribution in [0.4, 0.5) is 0 Å². The second-order valence-corrected chi connectivity index (χ2v) is 6.51. The molecule has 1 fully saturated rings. The Kier molecular flexibility index (Phi) is 5.16. The van der Waals surface area contributed by atoms with Gasteiger partial charge in [-0.2, -0.15) is 5.10 Å². The Balaban J connectivity index is 1.77. The van der Waals surface area contributed by atoms with Crippen molar-refractivity contribution in [3.05, 3.63) is 53.3 Å². The third kappa shape index (κ3) is 3.90. The zero-order chi connectivity index (χ0) is 17.8. The molecule has 1 aliphatic heterocycles. The molecule has 0 radical (unpaired) electrons. The molecule has 0 aliphatic carbocycles. The number of hydrogen-bond acceptors (Lipinski definition) is 3. The fraction of sp³-hybridized carbons (Fsp3) is 0.421. The van der Waals surface area contributed by atoms with Crippen LogP contribution in [0.25, 0.3) is 0 Å². The zero-order valence-corrected chi connectivity index (χ0v) is 14.7.